The third-order valence-corrected chi connectivity index (χ3v) is 4.73. The largest absolute Gasteiger partial charge is 0.347 e. The van der Waals surface area contributed by atoms with E-state index < -0.39 is 0 Å². The first-order chi connectivity index (χ1) is 12.0. The van der Waals surface area contributed by atoms with E-state index in [0.717, 1.165) is 18.5 Å². The summed E-state index contributed by atoms with van der Waals surface area (Å²) in [5.74, 6) is -0.459. The minimum absolute atomic E-state index is 0.0149. The molecule has 1 fully saturated rings. The predicted molar refractivity (Wildman–Crippen MR) is 94.1 cm³/mol. The van der Waals surface area contributed by atoms with Crippen molar-refractivity contribution in [2.24, 2.45) is 0 Å². The molecule has 1 heterocycles. The molecule has 0 spiro atoms. The zero-order valence-corrected chi connectivity index (χ0v) is 14.3. The second-order valence-corrected chi connectivity index (χ2v) is 6.48. The van der Waals surface area contributed by atoms with Gasteiger partial charge in [-0.15, -0.1) is 0 Å². The summed E-state index contributed by atoms with van der Waals surface area (Å²) in [4.78, 5) is 26.0. The Hall–Kier alpha value is -2.53. The number of amides is 1. The maximum absolute atomic E-state index is 13.2. The standard InChI is InChI=1S/C20H21FN2O2/c1-13(24)14-3-5-16(6-4-14)20(25)22-18-11-12-23(2)19(18)15-7-9-17(21)10-8-15/h3-10,18-19H,11-12H2,1-2H3,(H,22,25)/t18-,19+/m1/s1. The van der Waals surface area contributed by atoms with E-state index in [1.807, 2.05) is 7.05 Å². The number of halogens is 1. The second kappa shape index (κ2) is 7.15. The molecule has 3 rings (SSSR count). The van der Waals surface area contributed by atoms with Crippen molar-refractivity contribution in [3.05, 3.63) is 71.0 Å². The third kappa shape index (κ3) is 3.77. The van der Waals surface area contributed by atoms with Gasteiger partial charge in [0.05, 0.1) is 12.1 Å². The van der Waals surface area contributed by atoms with Gasteiger partial charge >= 0.3 is 0 Å². The Bertz CT molecular complexity index is 771. The molecule has 0 aromatic heterocycles. The number of hydrogen-bond acceptors (Lipinski definition) is 3. The Morgan fingerprint density at radius 3 is 2.24 bits per heavy atom. The molecule has 130 valence electrons. The summed E-state index contributed by atoms with van der Waals surface area (Å²) in [6.07, 6.45) is 0.829. The molecule has 2 aromatic carbocycles. The van der Waals surface area contributed by atoms with Gasteiger partial charge in [-0.25, -0.2) is 4.39 Å². The van der Waals surface area contributed by atoms with Crippen LogP contribution in [0.2, 0.25) is 0 Å². The minimum Gasteiger partial charge on any atom is -0.347 e. The summed E-state index contributed by atoms with van der Waals surface area (Å²) >= 11 is 0. The van der Waals surface area contributed by atoms with Crippen molar-refractivity contribution in [2.75, 3.05) is 13.6 Å². The lowest BCUT2D eigenvalue weighted by Crippen LogP contribution is -2.39. The van der Waals surface area contributed by atoms with Gasteiger partial charge in [0.25, 0.3) is 5.91 Å². The van der Waals surface area contributed by atoms with Crippen molar-refractivity contribution in [2.45, 2.75) is 25.4 Å². The van der Waals surface area contributed by atoms with Crippen LogP contribution < -0.4 is 5.32 Å². The smallest absolute Gasteiger partial charge is 0.251 e. The van der Waals surface area contributed by atoms with Crippen molar-refractivity contribution < 1.29 is 14.0 Å². The number of likely N-dealkylation sites (N-methyl/N-ethyl adjacent to an activating group) is 1. The molecule has 1 aliphatic heterocycles. The molecule has 0 aliphatic carbocycles. The van der Waals surface area contributed by atoms with Gasteiger partial charge in [0, 0.05) is 17.7 Å². The van der Waals surface area contributed by atoms with Crippen molar-refractivity contribution in [3.8, 4) is 0 Å². The Balaban J connectivity index is 1.75. The summed E-state index contributed by atoms with van der Waals surface area (Å²) < 4.78 is 13.2. The van der Waals surface area contributed by atoms with Crippen molar-refractivity contribution in [1.29, 1.82) is 0 Å². The topological polar surface area (TPSA) is 49.4 Å². The second-order valence-electron chi connectivity index (χ2n) is 6.48. The quantitative estimate of drug-likeness (QED) is 0.870. The number of rotatable bonds is 4. The Morgan fingerprint density at radius 2 is 1.64 bits per heavy atom. The number of benzene rings is 2. The molecule has 2 atom stereocenters. The maximum atomic E-state index is 13.2. The average molecular weight is 340 g/mol. The van der Waals surface area contributed by atoms with Crippen LogP contribution in [0.5, 0.6) is 0 Å². The zero-order chi connectivity index (χ0) is 18.0. The van der Waals surface area contributed by atoms with Gasteiger partial charge in [-0.05, 0) is 50.2 Å². The SMILES string of the molecule is CC(=O)c1ccc(C(=O)N[C@@H]2CCN(C)[C@H]2c2ccc(F)cc2)cc1. The van der Waals surface area contributed by atoms with Crippen molar-refractivity contribution in [1.82, 2.24) is 10.2 Å². The molecular weight excluding hydrogens is 319 g/mol. The van der Waals surface area contributed by atoms with E-state index in [4.69, 9.17) is 0 Å². The highest BCUT2D eigenvalue weighted by molar-refractivity contribution is 5.97. The first-order valence-corrected chi connectivity index (χ1v) is 8.33. The van der Waals surface area contributed by atoms with Crippen molar-refractivity contribution >= 4 is 11.7 Å². The van der Waals surface area contributed by atoms with Crippen LogP contribution in [0.1, 0.15) is 45.7 Å². The molecule has 1 saturated heterocycles. The van der Waals surface area contributed by atoms with Gasteiger partial charge in [0.2, 0.25) is 0 Å². The Morgan fingerprint density at radius 1 is 1.04 bits per heavy atom. The molecule has 25 heavy (non-hydrogen) atoms. The fourth-order valence-electron chi connectivity index (χ4n) is 3.35. The molecule has 4 nitrogen and oxygen atoms in total. The van der Waals surface area contributed by atoms with E-state index in [1.54, 1.807) is 36.4 Å². The highest BCUT2D eigenvalue weighted by Gasteiger charge is 2.34. The lowest BCUT2D eigenvalue weighted by Gasteiger charge is -2.26. The van der Waals surface area contributed by atoms with Crippen LogP contribution in [-0.4, -0.2) is 36.2 Å². The molecule has 1 amide bonds. The maximum Gasteiger partial charge on any atom is 0.251 e. The molecule has 2 aromatic rings. The van der Waals surface area contributed by atoms with Gasteiger partial charge in [0.1, 0.15) is 5.82 Å². The average Bonchev–Trinajstić information content (AvgIpc) is 2.96. The fraction of sp³-hybridized carbons (Fsp3) is 0.300. The Labute approximate surface area is 146 Å². The van der Waals surface area contributed by atoms with E-state index in [-0.39, 0.29) is 29.6 Å². The van der Waals surface area contributed by atoms with E-state index in [1.165, 1.54) is 19.1 Å². The van der Waals surface area contributed by atoms with Crippen LogP contribution in [0, 0.1) is 5.82 Å². The van der Waals surface area contributed by atoms with Gasteiger partial charge in [-0.2, -0.15) is 0 Å². The molecule has 0 saturated carbocycles. The molecule has 5 heteroatoms. The highest BCUT2D eigenvalue weighted by atomic mass is 19.1. The number of Topliss-reactive ketones (excluding diaryl/α,β-unsaturated/α-hetero) is 1. The summed E-state index contributed by atoms with van der Waals surface area (Å²) in [7, 11) is 2.00. The minimum atomic E-state index is -0.268. The molecule has 0 radical (unpaired) electrons. The number of carbonyl (C=O) groups excluding carboxylic acids is 2. The number of nitrogens with zero attached hydrogens (tertiary/aromatic N) is 1. The lowest BCUT2D eigenvalue weighted by atomic mass is 9.99. The molecular formula is C20H21FN2O2. The first kappa shape index (κ1) is 17.3. The summed E-state index contributed by atoms with van der Waals surface area (Å²) in [5.41, 5.74) is 2.09. The predicted octanol–water partition coefficient (Wildman–Crippen LogP) is 3.20. The van der Waals surface area contributed by atoms with Crippen LogP contribution in [0.25, 0.3) is 0 Å². The lowest BCUT2D eigenvalue weighted by molar-refractivity contribution is 0.0926. The number of hydrogen-bond donors (Lipinski definition) is 1. The zero-order valence-electron chi connectivity index (χ0n) is 14.3. The monoisotopic (exact) mass is 340 g/mol. The molecule has 1 aliphatic rings. The van der Waals surface area contributed by atoms with Crippen LogP contribution in [0.4, 0.5) is 4.39 Å². The van der Waals surface area contributed by atoms with Gasteiger partial charge in [-0.3, -0.25) is 14.5 Å². The molecule has 0 unspecified atom stereocenters. The number of ketones is 1. The summed E-state index contributed by atoms with van der Waals surface area (Å²) in [5, 5.41) is 3.08. The van der Waals surface area contributed by atoms with Gasteiger partial charge in [-0.1, -0.05) is 24.3 Å². The van der Waals surface area contributed by atoms with Crippen molar-refractivity contribution in [3.63, 3.8) is 0 Å². The van der Waals surface area contributed by atoms with Gasteiger partial charge < -0.3 is 5.32 Å². The normalized spacial score (nSPS) is 20.4. The number of nitrogens with one attached hydrogen (secondary N) is 1. The van der Waals surface area contributed by atoms with E-state index in [9.17, 15) is 14.0 Å². The molecule has 1 N–H and O–H groups in total. The van der Waals surface area contributed by atoms with E-state index >= 15 is 0 Å². The summed E-state index contributed by atoms with van der Waals surface area (Å²) in [6.45, 7) is 2.35. The highest BCUT2D eigenvalue weighted by Crippen LogP contribution is 2.31. The Kier molecular flexibility index (Phi) is 4.95. The van der Waals surface area contributed by atoms with E-state index in [2.05, 4.69) is 10.2 Å². The molecule has 0 bridgehead atoms. The van der Waals surface area contributed by atoms with Gasteiger partial charge in [0.15, 0.2) is 5.78 Å². The number of likely N-dealkylation sites (tertiary alicyclic amines) is 1. The third-order valence-electron chi connectivity index (χ3n) is 4.73. The van der Waals surface area contributed by atoms with Crippen LogP contribution >= 0.6 is 0 Å². The summed E-state index contributed by atoms with van der Waals surface area (Å²) in [6, 6.07) is 13.0. The first-order valence-electron chi connectivity index (χ1n) is 8.33. The van der Waals surface area contributed by atoms with Crippen LogP contribution in [0.3, 0.4) is 0 Å². The van der Waals surface area contributed by atoms with Crippen LogP contribution in [0.15, 0.2) is 48.5 Å². The van der Waals surface area contributed by atoms with E-state index in [0.29, 0.717) is 11.1 Å². The fourth-order valence-corrected chi connectivity index (χ4v) is 3.35. The number of carbonyl (C=O) groups is 2. The van der Waals surface area contributed by atoms with Crippen LogP contribution in [-0.2, 0) is 0 Å².